The Morgan fingerprint density at radius 3 is 2.27 bits per heavy atom. The van der Waals surface area contributed by atoms with Gasteiger partial charge in [0.2, 0.25) is 0 Å². The summed E-state index contributed by atoms with van der Waals surface area (Å²) in [7, 11) is 1.72. The second-order valence-corrected chi connectivity index (χ2v) is 8.04. The van der Waals surface area contributed by atoms with Gasteiger partial charge in [-0.2, -0.15) is 0 Å². The van der Waals surface area contributed by atoms with Crippen LogP contribution >= 0.6 is 0 Å². The van der Waals surface area contributed by atoms with Crippen molar-refractivity contribution in [2.45, 2.75) is 59.3 Å². The van der Waals surface area contributed by atoms with Crippen LogP contribution in [0.2, 0.25) is 0 Å². The van der Waals surface area contributed by atoms with Crippen molar-refractivity contribution in [1.82, 2.24) is 0 Å². The minimum absolute atomic E-state index is 0.444. The minimum atomic E-state index is 0.444. The topological polar surface area (TPSA) is 35.2 Å². The zero-order valence-corrected chi connectivity index (χ0v) is 15.0. The zero-order chi connectivity index (χ0) is 16.3. The lowest BCUT2D eigenvalue weighted by Crippen LogP contribution is -2.30. The highest BCUT2D eigenvalue weighted by molar-refractivity contribution is 5.37. The van der Waals surface area contributed by atoms with Crippen molar-refractivity contribution < 1.29 is 4.74 Å². The third-order valence-electron chi connectivity index (χ3n) is 5.70. The van der Waals surface area contributed by atoms with Crippen molar-refractivity contribution in [2.75, 3.05) is 13.7 Å². The van der Waals surface area contributed by atoms with E-state index in [9.17, 15) is 0 Å². The van der Waals surface area contributed by atoms with Gasteiger partial charge in [-0.15, -0.1) is 0 Å². The van der Waals surface area contributed by atoms with Gasteiger partial charge >= 0.3 is 0 Å². The monoisotopic (exact) mass is 303 g/mol. The summed E-state index contributed by atoms with van der Waals surface area (Å²) in [5.74, 6) is 3.02. The predicted octanol–water partition coefficient (Wildman–Crippen LogP) is 4.90. The van der Waals surface area contributed by atoms with Crippen LogP contribution in [0, 0.1) is 24.2 Å². The van der Waals surface area contributed by atoms with Crippen molar-refractivity contribution in [3.8, 4) is 5.75 Å². The average Bonchev–Trinajstić information content (AvgIpc) is 2.49. The van der Waals surface area contributed by atoms with Gasteiger partial charge in [-0.1, -0.05) is 26.8 Å². The van der Waals surface area contributed by atoms with Crippen LogP contribution in [0.1, 0.15) is 63.5 Å². The van der Waals surface area contributed by atoms with Crippen LogP contribution in [-0.4, -0.2) is 13.7 Å². The zero-order valence-electron chi connectivity index (χ0n) is 15.0. The Bertz CT molecular complexity index is 481. The Balaban J connectivity index is 2.10. The highest BCUT2D eigenvalue weighted by atomic mass is 16.5. The number of methoxy groups -OCH3 is 1. The first-order valence-electron chi connectivity index (χ1n) is 8.71. The van der Waals surface area contributed by atoms with Crippen LogP contribution in [0.15, 0.2) is 18.2 Å². The van der Waals surface area contributed by atoms with E-state index in [2.05, 4.69) is 45.9 Å². The Morgan fingerprint density at radius 1 is 1.18 bits per heavy atom. The van der Waals surface area contributed by atoms with Gasteiger partial charge in [-0.05, 0) is 85.6 Å². The molecule has 1 unspecified atom stereocenters. The molecular formula is C20H33NO. The maximum absolute atomic E-state index is 6.16. The van der Waals surface area contributed by atoms with Gasteiger partial charge in [0.25, 0.3) is 0 Å². The summed E-state index contributed by atoms with van der Waals surface area (Å²) in [6.45, 7) is 10.1. The SMILES string of the molecule is COc1ccc(C(CN)C2CCC(C(C)(C)C)CC2)c(C)c1. The number of ether oxygens (including phenoxy) is 1. The van der Waals surface area contributed by atoms with Gasteiger partial charge in [-0.3, -0.25) is 0 Å². The molecule has 2 heteroatoms. The molecule has 0 saturated heterocycles. The van der Waals surface area contributed by atoms with Gasteiger partial charge in [-0.25, -0.2) is 0 Å². The smallest absolute Gasteiger partial charge is 0.119 e. The molecule has 1 aromatic carbocycles. The molecule has 22 heavy (non-hydrogen) atoms. The molecule has 0 spiro atoms. The maximum atomic E-state index is 6.16. The minimum Gasteiger partial charge on any atom is -0.497 e. The number of aryl methyl sites for hydroxylation is 1. The highest BCUT2D eigenvalue weighted by Crippen LogP contribution is 2.44. The van der Waals surface area contributed by atoms with Crippen LogP contribution in [0.4, 0.5) is 0 Å². The van der Waals surface area contributed by atoms with Gasteiger partial charge in [0.05, 0.1) is 7.11 Å². The van der Waals surface area contributed by atoms with E-state index < -0.39 is 0 Å². The van der Waals surface area contributed by atoms with Crippen LogP contribution < -0.4 is 10.5 Å². The first-order chi connectivity index (χ1) is 10.4. The number of hydrogen-bond donors (Lipinski definition) is 1. The van der Waals surface area contributed by atoms with Crippen LogP contribution in [-0.2, 0) is 0 Å². The second-order valence-electron chi connectivity index (χ2n) is 8.04. The third-order valence-corrected chi connectivity index (χ3v) is 5.70. The first-order valence-corrected chi connectivity index (χ1v) is 8.71. The summed E-state index contributed by atoms with van der Waals surface area (Å²) >= 11 is 0. The van der Waals surface area contributed by atoms with E-state index in [1.807, 2.05) is 0 Å². The molecule has 1 fully saturated rings. The van der Waals surface area contributed by atoms with E-state index >= 15 is 0 Å². The van der Waals surface area contributed by atoms with Gasteiger partial charge < -0.3 is 10.5 Å². The van der Waals surface area contributed by atoms with Gasteiger partial charge in [0.15, 0.2) is 0 Å². The standard InChI is InChI=1S/C20H33NO/c1-14-12-17(22-5)10-11-18(14)19(13-21)15-6-8-16(9-7-15)20(2,3)4/h10-12,15-16,19H,6-9,13,21H2,1-5H3. The largest absolute Gasteiger partial charge is 0.497 e. The van der Waals surface area contributed by atoms with Crippen LogP contribution in [0.3, 0.4) is 0 Å². The number of nitrogens with two attached hydrogens (primary N) is 1. The predicted molar refractivity (Wildman–Crippen MR) is 94.4 cm³/mol. The number of hydrogen-bond acceptors (Lipinski definition) is 2. The number of rotatable bonds is 4. The Kier molecular flexibility index (Phi) is 5.55. The molecule has 0 aromatic heterocycles. The molecule has 1 aromatic rings. The summed E-state index contributed by atoms with van der Waals surface area (Å²) in [6.07, 6.45) is 5.32. The van der Waals surface area contributed by atoms with E-state index in [0.29, 0.717) is 11.3 Å². The van der Waals surface area contributed by atoms with Crippen LogP contribution in [0.25, 0.3) is 0 Å². The summed E-state index contributed by atoms with van der Waals surface area (Å²) in [5.41, 5.74) is 9.34. The fourth-order valence-electron chi connectivity index (χ4n) is 4.15. The van der Waals surface area contributed by atoms with Crippen molar-refractivity contribution in [2.24, 2.45) is 23.0 Å². The van der Waals surface area contributed by atoms with E-state index in [4.69, 9.17) is 10.5 Å². The summed E-state index contributed by atoms with van der Waals surface area (Å²) in [6, 6.07) is 6.44. The van der Waals surface area contributed by atoms with Crippen molar-refractivity contribution in [3.63, 3.8) is 0 Å². The van der Waals surface area contributed by atoms with Gasteiger partial charge in [0.1, 0.15) is 5.75 Å². The van der Waals surface area contributed by atoms with E-state index in [1.54, 1.807) is 7.11 Å². The van der Waals surface area contributed by atoms with E-state index in [1.165, 1.54) is 36.8 Å². The average molecular weight is 303 g/mol. The highest BCUT2D eigenvalue weighted by Gasteiger charge is 2.33. The van der Waals surface area contributed by atoms with Crippen molar-refractivity contribution >= 4 is 0 Å². The molecule has 1 aliphatic rings. The van der Waals surface area contributed by atoms with Gasteiger partial charge in [0, 0.05) is 0 Å². The van der Waals surface area contributed by atoms with Crippen molar-refractivity contribution in [3.05, 3.63) is 29.3 Å². The molecular weight excluding hydrogens is 270 g/mol. The summed E-state index contributed by atoms with van der Waals surface area (Å²) < 4.78 is 5.33. The lowest BCUT2D eigenvalue weighted by molar-refractivity contribution is 0.140. The second kappa shape index (κ2) is 7.04. The molecule has 0 radical (unpaired) electrons. The van der Waals surface area contributed by atoms with E-state index in [0.717, 1.165) is 24.1 Å². The molecule has 1 atom stereocenters. The quantitative estimate of drug-likeness (QED) is 0.858. The summed E-state index contributed by atoms with van der Waals surface area (Å²) in [5, 5.41) is 0. The lowest BCUT2D eigenvalue weighted by atomic mass is 9.66. The molecule has 0 aliphatic heterocycles. The summed E-state index contributed by atoms with van der Waals surface area (Å²) in [4.78, 5) is 0. The molecule has 1 saturated carbocycles. The van der Waals surface area contributed by atoms with Crippen molar-refractivity contribution in [1.29, 1.82) is 0 Å². The molecule has 2 rings (SSSR count). The fraction of sp³-hybridized carbons (Fsp3) is 0.700. The number of benzene rings is 1. The molecule has 1 aliphatic carbocycles. The fourth-order valence-corrected chi connectivity index (χ4v) is 4.15. The maximum Gasteiger partial charge on any atom is 0.119 e. The molecule has 2 nitrogen and oxygen atoms in total. The molecule has 124 valence electrons. The van der Waals surface area contributed by atoms with Crippen LogP contribution in [0.5, 0.6) is 5.75 Å². The lowest BCUT2D eigenvalue weighted by Gasteiger charge is -2.39. The van der Waals surface area contributed by atoms with E-state index in [-0.39, 0.29) is 0 Å². The Morgan fingerprint density at radius 2 is 1.82 bits per heavy atom. The first kappa shape index (κ1) is 17.3. The normalized spacial score (nSPS) is 24.1. The molecule has 0 amide bonds. The Labute approximate surface area is 136 Å². The molecule has 2 N–H and O–H groups in total. The molecule has 0 bridgehead atoms. The third kappa shape index (κ3) is 3.84. The molecule has 0 heterocycles. The Hall–Kier alpha value is -1.02.